The summed E-state index contributed by atoms with van der Waals surface area (Å²) in [6, 6.07) is 0.688. The minimum atomic E-state index is -1.30. The zero-order valence-electron chi connectivity index (χ0n) is 16.2. The summed E-state index contributed by atoms with van der Waals surface area (Å²) in [6.07, 6.45) is 5.24. The van der Waals surface area contributed by atoms with E-state index in [4.69, 9.17) is 9.93 Å². The smallest absolute Gasteiger partial charge is 0.249 e. The first-order chi connectivity index (χ1) is 14.9. The molecular formula is C20H17F3N6O2. The Labute approximate surface area is 174 Å². The van der Waals surface area contributed by atoms with E-state index in [9.17, 15) is 18.0 Å². The SMILES string of the molecule is N=C(CC(=O)N1CCC[C@H]1c1nc(-c2cnccn2)no1)Cc1cc(F)c(F)cc1F. The number of hydrogen-bond donors (Lipinski definition) is 1. The summed E-state index contributed by atoms with van der Waals surface area (Å²) in [7, 11) is 0. The molecule has 1 aliphatic rings. The summed E-state index contributed by atoms with van der Waals surface area (Å²) < 4.78 is 45.6. The molecule has 1 atom stereocenters. The van der Waals surface area contributed by atoms with Crippen molar-refractivity contribution in [3.63, 3.8) is 0 Å². The third-order valence-corrected chi connectivity index (χ3v) is 4.95. The number of likely N-dealkylation sites (tertiary alicyclic amines) is 1. The molecule has 8 nitrogen and oxygen atoms in total. The lowest BCUT2D eigenvalue weighted by Gasteiger charge is -2.22. The Morgan fingerprint density at radius 3 is 2.77 bits per heavy atom. The number of hydrogen-bond acceptors (Lipinski definition) is 7. The number of benzene rings is 1. The highest BCUT2D eigenvalue weighted by atomic mass is 19.2. The highest BCUT2D eigenvalue weighted by molar-refractivity contribution is 6.00. The molecule has 0 aliphatic carbocycles. The number of aromatic nitrogens is 4. The molecular weight excluding hydrogens is 413 g/mol. The number of rotatable bonds is 6. The highest BCUT2D eigenvalue weighted by Gasteiger charge is 2.34. The molecule has 1 saturated heterocycles. The molecule has 0 spiro atoms. The second-order valence-corrected chi connectivity index (χ2v) is 7.11. The zero-order valence-corrected chi connectivity index (χ0v) is 16.2. The van der Waals surface area contributed by atoms with E-state index in [-0.39, 0.29) is 41.7 Å². The van der Waals surface area contributed by atoms with Crippen molar-refractivity contribution in [2.24, 2.45) is 0 Å². The predicted molar refractivity (Wildman–Crippen MR) is 101 cm³/mol. The molecule has 1 amide bonds. The first-order valence-electron chi connectivity index (χ1n) is 9.51. The molecule has 2 aromatic heterocycles. The number of amides is 1. The summed E-state index contributed by atoms with van der Waals surface area (Å²) in [5, 5.41) is 11.9. The quantitative estimate of drug-likeness (QED) is 0.475. The van der Waals surface area contributed by atoms with Gasteiger partial charge in [0.1, 0.15) is 17.6 Å². The van der Waals surface area contributed by atoms with Gasteiger partial charge >= 0.3 is 0 Å². The lowest BCUT2D eigenvalue weighted by atomic mass is 10.0. The van der Waals surface area contributed by atoms with Crippen molar-refractivity contribution >= 4 is 11.6 Å². The maximum atomic E-state index is 13.8. The van der Waals surface area contributed by atoms with Gasteiger partial charge in [0.15, 0.2) is 11.6 Å². The van der Waals surface area contributed by atoms with Crippen molar-refractivity contribution in [2.75, 3.05) is 6.54 Å². The molecule has 1 N–H and O–H groups in total. The van der Waals surface area contributed by atoms with E-state index in [1.165, 1.54) is 23.5 Å². The molecule has 1 aromatic carbocycles. The number of carbonyl (C=O) groups excluding carboxylic acids is 1. The largest absolute Gasteiger partial charge is 0.337 e. The maximum Gasteiger partial charge on any atom is 0.249 e. The average molecular weight is 430 g/mol. The lowest BCUT2D eigenvalue weighted by molar-refractivity contribution is -0.131. The Hall–Kier alpha value is -3.63. The van der Waals surface area contributed by atoms with E-state index in [0.29, 0.717) is 37.2 Å². The van der Waals surface area contributed by atoms with Gasteiger partial charge < -0.3 is 14.8 Å². The fourth-order valence-electron chi connectivity index (χ4n) is 3.49. The fraction of sp³-hybridized carbons (Fsp3) is 0.300. The summed E-state index contributed by atoms with van der Waals surface area (Å²) in [4.78, 5) is 26.7. The predicted octanol–water partition coefficient (Wildman–Crippen LogP) is 3.26. The van der Waals surface area contributed by atoms with Gasteiger partial charge in [-0.2, -0.15) is 4.98 Å². The normalized spacial score (nSPS) is 16.0. The third kappa shape index (κ3) is 4.44. The average Bonchev–Trinajstić information content (AvgIpc) is 3.42. The van der Waals surface area contributed by atoms with Crippen LogP contribution in [0.4, 0.5) is 13.2 Å². The Bertz CT molecular complexity index is 1120. The zero-order chi connectivity index (χ0) is 22.0. The standard InChI is InChI=1S/C20H17F3N6O2/c21-13-9-15(23)14(22)7-11(13)6-12(24)8-18(30)29-5-1-2-17(29)20-27-19(28-31-20)16-10-25-3-4-26-16/h3-4,7,9-10,17,24H,1-2,5-6,8H2/t17-/m0/s1. The fourth-order valence-corrected chi connectivity index (χ4v) is 3.49. The lowest BCUT2D eigenvalue weighted by Crippen LogP contribution is -2.32. The van der Waals surface area contributed by atoms with E-state index in [1.807, 2.05) is 0 Å². The Morgan fingerprint density at radius 2 is 2.00 bits per heavy atom. The van der Waals surface area contributed by atoms with Crippen molar-refractivity contribution in [1.29, 1.82) is 5.41 Å². The Kier molecular flexibility index (Phi) is 5.74. The maximum absolute atomic E-state index is 13.8. The number of halogens is 3. The van der Waals surface area contributed by atoms with Crippen LogP contribution >= 0.6 is 0 Å². The molecule has 3 heterocycles. The summed E-state index contributed by atoms with van der Waals surface area (Å²) >= 11 is 0. The first-order valence-corrected chi connectivity index (χ1v) is 9.51. The second-order valence-electron chi connectivity index (χ2n) is 7.11. The van der Waals surface area contributed by atoms with Crippen LogP contribution in [0.25, 0.3) is 11.5 Å². The van der Waals surface area contributed by atoms with E-state index in [2.05, 4.69) is 20.1 Å². The van der Waals surface area contributed by atoms with Gasteiger partial charge in [-0.25, -0.2) is 18.2 Å². The van der Waals surface area contributed by atoms with Crippen LogP contribution in [0.1, 0.15) is 36.8 Å². The van der Waals surface area contributed by atoms with Crippen LogP contribution < -0.4 is 0 Å². The van der Waals surface area contributed by atoms with E-state index < -0.39 is 23.5 Å². The molecule has 0 saturated carbocycles. The van der Waals surface area contributed by atoms with Crippen LogP contribution in [0.2, 0.25) is 0 Å². The van der Waals surface area contributed by atoms with Gasteiger partial charge in [0.2, 0.25) is 17.6 Å². The van der Waals surface area contributed by atoms with Gasteiger partial charge in [-0.05, 0) is 24.5 Å². The van der Waals surface area contributed by atoms with E-state index in [1.54, 1.807) is 0 Å². The highest BCUT2D eigenvalue weighted by Crippen LogP contribution is 2.32. The summed E-state index contributed by atoms with van der Waals surface area (Å²) in [5.74, 6) is -3.32. The monoisotopic (exact) mass is 430 g/mol. The molecule has 1 fully saturated rings. The number of nitrogens with zero attached hydrogens (tertiary/aromatic N) is 5. The van der Waals surface area contributed by atoms with Gasteiger partial charge in [0, 0.05) is 37.1 Å². The Balaban J connectivity index is 1.43. The van der Waals surface area contributed by atoms with Crippen LogP contribution in [0, 0.1) is 22.9 Å². The van der Waals surface area contributed by atoms with Gasteiger partial charge in [-0.3, -0.25) is 9.78 Å². The van der Waals surface area contributed by atoms with Crippen LogP contribution in [-0.2, 0) is 11.2 Å². The molecule has 1 aliphatic heterocycles. The summed E-state index contributed by atoms with van der Waals surface area (Å²) in [5.41, 5.74) is 0.134. The minimum Gasteiger partial charge on any atom is -0.337 e. The molecule has 0 radical (unpaired) electrons. The summed E-state index contributed by atoms with van der Waals surface area (Å²) in [6.45, 7) is 0.444. The second kappa shape index (κ2) is 8.62. The topological polar surface area (TPSA) is 109 Å². The van der Waals surface area contributed by atoms with Gasteiger partial charge in [-0.1, -0.05) is 5.16 Å². The van der Waals surface area contributed by atoms with Gasteiger partial charge in [-0.15, -0.1) is 0 Å². The van der Waals surface area contributed by atoms with Crippen molar-refractivity contribution in [3.05, 3.63) is 59.6 Å². The van der Waals surface area contributed by atoms with Crippen molar-refractivity contribution in [2.45, 2.75) is 31.7 Å². The van der Waals surface area contributed by atoms with Crippen LogP contribution in [0.3, 0.4) is 0 Å². The van der Waals surface area contributed by atoms with Crippen molar-refractivity contribution in [3.8, 4) is 11.5 Å². The molecule has 0 bridgehead atoms. The number of nitrogens with one attached hydrogen (secondary N) is 1. The van der Waals surface area contributed by atoms with Gasteiger partial charge in [0.05, 0.1) is 12.6 Å². The molecule has 160 valence electrons. The van der Waals surface area contributed by atoms with E-state index in [0.717, 1.165) is 0 Å². The molecule has 0 unspecified atom stereocenters. The molecule has 11 heteroatoms. The first kappa shape index (κ1) is 20.6. The third-order valence-electron chi connectivity index (χ3n) is 4.95. The van der Waals surface area contributed by atoms with Gasteiger partial charge in [0.25, 0.3) is 0 Å². The van der Waals surface area contributed by atoms with Crippen LogP contribution in [0.15, 0.2) is 35.2 Å². The molecule has 31 heavy (non-hydrogen) atoms. The Morgan fingerprint density at radius 1 is 1.19 bits per heavy atom. The van der Waals surface area contributed by atoms with Crippen LogP contribution in [0.5, 0.6) is 0 Å². The van der Waals surface area contributed by atoms with Crippen molar-refractivity contribution < 1.29 is 22.5 Å². The molecule has 3 aromatic rings. The van der Waals surface area contributed by atoms with E-state index >= 15 is 0 Å². The van der Waals surface area contributed by atoms with Crippen molar-refractivity contribution in [1.82, 2.24) is 25.0 Å². The minimum absolute atomic E-state index is 0.119. The van der Waals surface area contributed by atoms with Crippen LogP contribution in [-0.4, -0.2) is 43.2 Å². The number of carbonyl (C=O) groups is 1. The molecule has 4 rings (SSSR count).